The first kappa shape index (κ1) is 28.5. The zero-order valence-electron chi connectivity index (χ0n) is 26.4. The molecule has 5 nitrogen and oxygen atoms in total. The molecule has 0 aromatic heterocycles. The Hall–Kier alpha value is -2.92. The van der Waals surface area contributed by atoms with Crippen molar-refractivity contribution in [1.82, 2.24) is 0 Å². The number of carbonyl (C=O) groups excluding carboxylic acids is 2. The van der Waals surface area contributed by atoms with Crippen LogP contribution in [0.5, 0.6) is 0 Å². The number of carbonyl (C=O) groups is 2. The maximum atomic E-state index is 14.4. The van der Waals surface area contributed by atoms with Gasteiger partial charge in [-0.15, -0.1) is 0 Å². The Morgan fingerprint density at radius 3 is 2.82 bits per heavy atom. The number of cyclic esters (lactones) is 1. The van der Waals surface area contributed by atoms with Gasteiger partial charge in [0.15, 0.2) is 5.60 Å². The number of ether oxygens (including phenoxy) is 2. The number of rotatable bonds is 7. The van der Waals surface area contributed by atoms with Gasteiger partial charge in [0.2, 0.25) is 0 Å². The van der Waals surface area contributed by atoms with E-state index in [2.05, 4.69) is 74.6 Å². The van der Waals surface area contributed by atoms with Crippen LogP contribution in [0.2, 0.25) is 0 Å². The fourth-order valence-corrected chi connectivity index (χ4v) is 11.4. The van der Waals surface area contributed by atoms with Crippen molar-refractivity contribution in [3.05, 3.63) is 83.2 Å². The first-order chi connectivity index (χ1) is 21.4. The van der Waals surface area contributed by atoms with E-state index in [1.54, 1.807) is 0 Å². The molecule has 2 N–H and O–H groups in total. The van der Waals surface area contributed by atoms with Crippen LogP contribution in [0.15, 0.2) is 66.5 Å². The van der Waals surface area contributed by atoms with E-state index < -0.39 is 16.4 Å². The summed E-state index contributed by atoms with van der Waals surface area (Å²) in [5, 5.41) is 0. The van der Waals surface area contributed by atoms with Gasteiger partial charge in [-0.3, -0.25) is 4.79 Å². The van der Waals surface area contributed by atoms with Crippen molar-refractivity contribution in [2.24, 2.45) is 51.6 Å². The van der Waals surface area contributed by atoms with Crippen LogP contribution in [0.4, 0.5) is 0 Å². The lowest BCUT2D eigenvalue weighted by molar-refractivity contribution is -0.273. The first-order valence-electron chi connectivity index (χ1n) is 17.4. The number of nitrogens with two attached hydrogens (primary N) is 1. The predicted octanol–water partition coefficient (Wildman–Crippen LogP) is 7.71. The summed E-state index contributed by atoms with van der Waals surface area (Å²) in [4.78, 5) is 28.4. The lowest BCUT2D eigenvalue weighted by Gasteiger charge is -2.69. The number of benzene rings is 1. The maximum Gasteiger partial charge on any atom is 0.339 e. The fourth-order valence-electron chi connectivity index (χ4n) is 11.4. The van der Waals surface area contributed by atoms with Gasteiger partial charge in [0, 0.05) is 11.5 Å². The Labute approximate surface area is 262 Å². The van der Waals surface area contributed by atoms with Gasteiger partial charge in [0.1, 0.15) is 11.2 Å². The topological polar surface area (TPSA) is 78.6 Å². The number of allylic oxidation sites excluding steroid dienone is 6. The molecule has 2 aliphatic heterocycles. The predicted molar refractivity (Wildman–Crippen MR) is 170 cm³/mol. The molecule has 3 saturated carbocycles. The van der Waals surface area contributed by atoms with Crippen molar-refractivity contribution in [3.63, 3.8) is 0 Å². The van der Waals surface area contributed by atoms with Crippen LogP contribution in [0.1, 0.15) is 99.5 Å². The maximum absolute atomic E-state index is 14.4. The third-order valence-corrected chi connectivity index (χ3v) is 13.4. The van der Waals surface area contributed by atoms with Gasteiger partial charge < -0.3 is 15.2 Å². The summed E-state index contributed by atoms with van der Waals surface area (Å²) in [5.41, 5.74) is 6.35. The van der Waals surface area contributed by atoms with Crippen LogP contribution in [-0.4, -0.2) is 18.5 Å². The molecule has 232 valence electrons. The van der Waals surface area contributed by atoms with Gasteiger partial charge in [-0.2, -0.15) is 0 Å². The summed E-state index contributed by atoms with van der Waals surface area (Å²) in [6.07, 6.45) is 27.0. The van der Waals surface area contributed by atoms with E-state index in [-0.39, 0.29) is 23.3 Å². The zero-order chi connectivity index (χ0) is 30.3. The first-order valence-corrected chi connectivity index (χ1v) is 17.4. The molecule has 2 spiro atoms. The minimum absolute atomic E-state index is 0.145. The largest absolute Gasteiger partial charge is 0.449 e. The Morgan fingerprint density at radius 2 is 1.98 bits per heavy atom. The molecule has 0 amide bonds. The van der Waals surface area contributed by atoms with E-state index in [9.17, 15) is 9.59 Å². The number of hydrogen-bond donors (Lipinski definition) is 1. The van der Waals surface area contributed by atoms with Gasteiger partial charge in [-0.05, 0) is 111 Å². The van der Waals surface area contributed by atoms with Crippen molar-refractivity contribution >= 4 is 11.9 Å². The van der Waals surface area contributed by atoms with Crippen LogP contribution in [0, 0.1) is 45.8 Å². The van der Waals surface area contributed by atoms with Gasteiger partial charge in [-0.25, -0.2) is 4.79 Å². The smallest absolute Gasteiger partial charge is 0.339 e. The van der Waals surface area contributed by atoms with Gasteiger partial charge in [0.25, 0.3) is 0 Å². The number of esters is 2. The van der Waals surface area contributed by atoms with Crippen molar-refractivity contribution in [2.75, 3.05) is 6.54 Å². The van der Waals surface area contributed by atoms with Crippen molar-refractivity contribution in [1.29, 1.82) is 0 Å². The molecular weight excluding hydrogens is 546 g/mol. The molecule has 7 aliphatic rings. The van der Waals surface area contributed by atoms with Crippen LogP contribution >= 0.6 is 0 Å². The Balaban J connectivity index is 1.28. The molecule has 5 heteroatoms. The monoisotopic (exact) mass is 593 g/mol. The average molecular weight is 594 g/mol. The highest BCUT2D eigenvalue weighted by Gasteiger charge is 2.90. The normalized spacial score (nSPS) is 42.3. The van der Waals surface area contributed by atoms with Crippen LogP contribution < -0.4 is 5.73 Å². The second kappa shape index (κ2) is 10.0. The Bertz CT molecular complexity index is 1520. The van der Waals surface area contributed by atoms with E-state index in [1.165, 1.54) is 19.3 Å². The molecule has 44 heavy (non-hydrogen) atoms. The Kier molecular flexibility index (Phi) is 6.51. The van der Waals surface area contributed by atoms with Crippen LogP contribution in [0.3, 0.4) is 0 Å². The van der Waals surface area contributed by atoms with Crippen molar-refractivity contribution in [2.45, 2.75) is 90.1 Å². The minimum atomic E-state index is -0.914. The highest BCUT2D eigenvalue weighted by molar-refractivity contribution is 5.99. The molecule has 5 aliphatic carbocycles. The number of hydrogen-bond acceptors (Lipinski definition) is 5. The lowest BCUT2D eigenvalue weighted by atomic mass is 9.31. The van der Waals surface area contributed by atoms with E-state index >= 15 is 0 Å². The van der Waals surface area contributed by atoms with Gasteiger partial charge in [0.05, 0.1) is 11.0 Å². The second-order valence-electron chi connectivity index (χ2n) is 15.1. The van der Waals surface area contributed by atoms with Crippen LogP contribution in [-0.2, 0) is 26.3 Å². The highest BCUT2D eigenvalue weighted by atomic mass is 16.6. The molecule has 9 atom stereocenters. The van der Waals surface area contributed by atoms with E-state index in [1.807, 2.05) is 0 Å². The molecule has 4 fully saturated rings. The molecule has 0 unspecified atom stereocenters. The lowest BCUT2D eigenvalue weighted by Crippen LogP contribution is -2.75. The van der Waals surface area contributed by atoms with E-state index in [0.29, 0.717) is 29.9 Å². The molecule has 1 saturated heterocycles. The molecule has 1 aromatic carbocycles. The van der Waals surface area contributed by atoms with Crippen molar-refractivity contribution in [3.8, 4) is 0 Å². The van der Waals surface area contributed by atoms with E-state index in [4.69, 9.17) is 15.2 Å². The quantitative estimate of drug-likeness (QED) is 0.259. The minimum Gasteiger partial charge on any atom is -0.449 e. The SMILES string of the molecule is CC[C@H](C)C[C@@H]1[C@@]2(OC(=O)c3c(CCCN)cccc32)[C@@]23CCC=C[C@@]12C(=O)O/C3=C\[C@@H]1CC[C@@H]2CC[C@@H]3C=CC=C[C@@]23C1. The summed E-state index contributed by atoms with van der Waals surface area (Å²) in [6.45, 7) is 5.03. The van der Waals surface area contributed by atoms with E-state index in [0.717, 1.165) is 74.2 Å². The highest BCUT2D eigenvalue weighted by Crippen LogP contribution is 2.84. The van der Waals surface area contributed by atoms with Crippen molar-refractivity contribution < 1.29 is 19.1 Å². The molecule has 2 heterocycles. The summed E-state index contributed by atoms with van der Waals surface area (Å²) in [6, 6.07) is 6.24. The molecule has 1 aromatic rings. The number of fused-ring (bicyclic) bond motifs is 2. The second-order valence-corrected chi connectivity index (χ2v) is 15.1. The third kappa shape index (κ3) is 3.35. The standard InChI is InChI=1S/C39H47NO4/c1-3-25(2)22-31-37-19-6-7-20-38(37,39(31)30-13-8-10-27(11-9-21-40)33(30)34(41)44-39)32(43-35(37)42)23-26-14-15-29-17-16-28-12-4-5-18-36(28,29)24-26/h4-6,8,10,12-13,18-19,23,25-26,28-29,31H,3,7,9,11,14-17,20-22,24,40H2,1-2H3/b32-23-/t25-,26-,28-,29+,31-,36-,37-,38+,39+/m0/s1. The molecule has 8 rings (SSSR count). The number of aryl methyl sites for hydroxylation is 1. The fraction of sp³-hybridized carbons (Fsp3) is 0.590. The summed E-state index contributed by atoms with van der Waals surface area (Å²) in [5.74, 6) is 2.25. The Morgan fingerprint density at radius 1 is 1.11 bits per heavy atom. The average Bonchev–Trinajstić information content (AvgIpc) is 3.65. The molecular formula is C39H47NO4. The van der Waals surface area contributed by atoms with Crippen LogP contribution in [0.25, 0.3) is 0 Å². The summed E-state index contributed by atoms with van der Waals surface area (Å²) >= 11 is 0. The summed E-state index contributed by atoms with van der Waals surface area (Å²) < 4.78 is 13.4. The third-order valence-electron chi connectivity index (χ3n) is 13.4. The van der Waals surface area contributed by atoms with Gasteiger partial charge in [-0.1, -0.05) is 74.9 Å². The molecule has 0 bridgehead atoms. The summed E-state index contributed by atoms with van der Waals surface area (Å²) in [7, 11) is 0. The van der Waals surface area contributed by atoms with Gasteiger partial charge >= 0.3 is 11.9 Å². The molecule has 0 radical (unpaired) electrons. The zero-order valence-corrected chi connectivity index (χ0v) is 26.4.